The number of carboxylic acids is 2. The average molecular weight is 837 g/mol. The van der Waals surface area contributed by atoms with Crippen LogP contribution in [0.3, 0.4) is 0 Å². The van der Waals surface area contributed by atoms with Gasteiger partial charge >= 0.3 is 35.8 Å². The Balaban J connectivity index is 3.20. The summed E-state index contributed by atoms with van der Waals surface area (Å²) in [6.07, 6.45) is -6.75. The van der Waals surface area contributed by atoms with Crippen molar-refractivity contribution in [2.45, 2.75) is 94.9 Å². The van der Waals surface area contributed by atoms with E-state index in [9.17, 15) is 58.2 Å². The van der Waals surface area contributed by atoms with Crippen molar-refractivity contribution in [1.29, 1.82) is 0 Å². The van der Waals surface area contributed by atoms with E-state index in [0.717, 1.165) is 27.7 Å². The molecule has 57 heavy (non-hydrogen) atoms. The van der Waals surface area contributed by atoms with Crippen molar-refractivity contribution < 1.29 is 81.8 Å². The number of nitrogens with one attached hydrogen (secondary N) is 4. The van der Waals surface area contributed by atoms with Gasteiger partial charge in [-0.25, -0.2) is 4.79 Å². The predicted octanol–water partition coefficient (Wildman–Crippen LogP) is -5.06. The van der Waals surface area contributed by atoms with Crippen molar-refractivity contribution in [2.24, 2.45) is 22.2 Å². The van der Waals surface area contributed by atoms with E-state index in [2.05, 4.69) is 26.3 Å². The van der Waals surface area contributed by atoms with E-state index in [0.29, 0.717) is 11.8 Å². The van der Waals surface area contributed by atoms with Gasteiger partial charge in [-0.15, -0.1) is 11.8 Å². The second-order valence-electron chi connectivity index (χ2n) is 12.0. The number of guanidine groups is 1. The molecule has 1 aliphatic heterocycles. The quantitative estimate of drug-likeness (QED) is 0.0153. The van der Waals surface area contributed by atoms with Crippen LogP contribution in [-0.2, 0) is 71.6 Å². The topological polar surface area (TPSA) is 396 Å². The number of hydrogen-bond donors (Lipinski definition) is 9. The Morgan fingerprint density at radius 1 is 0.754 bits per heavy atom. The van der Waals surface area contributed by atoms with Crippen molar-refractivity contribution in [3.05, 3.63) is 0 Å². The summed E-state index contributed by atoms with van der Waals surface area (Å²) >= 11 is 0.607. The van der Waals surface area contributed by atoms with E-state index in [4.69, 9.17) is 40.9 Å². The van der Waals surface area contributed by atoms with Gasteiger partial charge in [0.05, 0.1) is 19.5 Å². The molecule has 12 N–H and O–H groups in total. The Morgan fingerprint density at radius 2 is 1.33 bits per heavy atom. The molecule has 0 spiro atoms. The number of esters is 4. The third-order valence-corrected chi connectivity index (χ3v) is 8.46. The van der Waals surface area contributed by atoms with E-state index in [1.807, 2.05) is 0 Å². The number of nitrogens with zero attached hydrogens (tertiary/aromatic N) is 1. The monoisotopic (exact) mass is 836 g/mol. The number of aliphatic imine (C=N–C) groups is 1. The van der Waals surface area contributed by atoms with Crippen molar-refractivity contribution in [3.8, 4) is 0 Å². The minimum atomic E-state index is -1.88. The molecule has 0 aromatic heterocycles. The van der Waals surface area contributed by atoms with E-state index >= 15 is 0 Å². The SMILES string of the molecule is CC(=O)OC[C@H]1O[C@@H](SC[C@H](NC(=O)[C@H](CC(=O)O)NC(=O)CNC(=O)[C@H](CCCN=C(N)N)NC(=O)CN)C(=O)O)[C@H](OC(C)=O)[C@@H](OC(C)=O)[C@@H]1OC(C)=O. The molecule has 8 atom stereocenters. The van der Waals surface area contributed by atoms with Gasteiger partial charge in [0, 0.05) is 40.0 Å². The Morgan fingerprint density at radius 3 is 1.86 bits per heavy atom. The maximum atomic E-state index is 13.2. The van der Waals surface area contributed by atoms with Gasteiger partial charge in [0.2, 0.25) is 23.6 Å². The number of carbonyl (C=O) groups excluding carboxylic acids is 8. The van der Waals surface area contributed by atoms with Gasteiger partial charge in [0.25, 0.3) is 0 Å². The fourth-order valence-corrected chi connectivity index (χ4v) is 6.14. The van der Waals surface area contributed by atoms with Gasteiger partial charge in [-0.3, -0.25) is 48.1 Å². The number of rotatable bonds is 23. The molecule has 0 saturated carbocycles. The van der Waals surface area contributed by atoms with E-state index in [1.54, 1.807) is 0 Å². The van der Waals surface area contributed by atoms with Crippen LogP contribution in [0.2, 0.25) is 0 Å². The number of thioether (sulfide) groups is 1. The summed E-state index contributed by atoms with van der Waals surface area (Å²) in [5, 5.41) is 28.2. The zero-order valence-electron chi connectivity index (χ0n) is 31.4. The van der Waals surface area contributed by atoms with Gasteiger partial charge in [-0.2, -0.15) is 0 Å². The van der Waals surface area contributed by atoms with Crippen LogP contribution in [0.1, 0.15) is 47.0 Å². The van der Waals surface area contributed by atoms with Crippen LogP contribution in [0.5, 0.6) is 0 Å². The van der Waals surface area contributed by atoms with Gasteiger partial charge < -0.3 is 72.4 Å². The molecule has 0 radical (unpaired) electrons. The summed E-state index contributed by atoms with van der Waals surface area (Å²) in [4.78, 5) is 126. The number of amides is 4. The molecule has 0 bridgehead atoms. The smallest absolute Gasteiger partial charge is 0.327 e. The molecule has 1 aliphatic rings. The molecule has 1 rings (SSSR count). The van der Waals surface area contributed by atoms with Crippen molar-refractivity contribution in [1.82, 2.24) is 21.3 Å². The zero-order valence-corrected chi connectivity index (χ0v) is 32.2. The summed E-state index contributed by atoms with van der Waals surface area (Å²) in [6.45, 7) is 2.36. The van der Waals surface area contributed by atoms with Gasteiger partial charge in [0.1, 0.15) is 36.3 Å². The fraction of sp³-hybridized carbons (Fsp3) is 0.645. The molecule has 0 aromatic rings. The Hall–Kier alpha value is -5.76. The van der Waals surface area contributed by atoms with Crippen LogP contribution in [0.25, 0.3) is 0 Å². The lowest BCUT2D eigenvalue weighted by Crippen LogP contribution is -2.62. The number of aliphatic carboxylic acids is 2. The molecule has 25 nitrogen and oxygen atoms in total. The third kappa shape index (κ3) is 19.1. The lowest BCUT2D eigenvalue weighted by Gasteiger charge is -2.44. The molecule has 0 aromatic carbocycles. The van der Waals surface area contributed by atoms with Crippen LogP contribution < -0.4 is 38.5 Å². The molecule has 320 valence electrons. The lowest BCUT2D eigenvalue weighted by molar-refractivity contribution is -0.237. The molecule has 1 saturated heterocycles. The second kappa shape index (κ2) is 24.7. The largest absolute Gasteiger partial charge is 0.481 e. The van der Waals surface area contributed by atoms with Crippen LogP contribution >= 0.6 is 11.8 Å². The Labute approximate surface area is 329 Å². The normalized spacial score (nSPS) is 20.1. The molecular formula is C31H48N8O17S. The van der Waals surface area contributed by atoms with Crippen LogP contribution in [-0.4, -0.2) is 156 Å². The highest BCUT2D eigenvalue weighted by molar-refractivity contribution is 7.99. The predicted molar refractivity (Wildman–Crippen MR) is 192 cm³/mol. The summed E-state index contributed by atoms with van der Waals surface area (Å²) in [6, 6.07) is -4.90. The Kier molecular flexibility index (Phi) is 21.3. The van der Waals surface area contributed by atoms with Gasteiger partial charge in [-0.05, 0) is 12.8 Å². The van der Waals surface area contributed by atoms with Crippen LogP contribution in [0.4, 0.5) is 0 Å². The van der Waals surface area contributed by atoms with E-state index in [1.165, 1.54) is 0 Å². The maximum absolute atomic E-state index is 13.2. The highest BCUT2D eigenvalue weighted by atomic mass is 32.2. The van der Waals surface area contributed by atoms with Gasteiger partial charge in [-0.1, -0.05) is 0 Å². The summed E-state index contributed by atoms with van der Waals surface area (Å²) < 4.78 is 26.9. The first-order chi connectivity index (χ1) is 26.6. The molecule has 0 unspecified atom stereocenters. The van der Waals surface area contributed by atoms with E-state index in [-0.39, 0.29) is 25.3 Å². The second-order valence-corrected chi connectivity index (χ2v) is 13.1. The zero-order chi connectivity index (χ0) is 43.4. The van der Waals surface area contributed by atoms with Gasteiger partial charge in [0.15, 0.2) is 24.3 Å². The molecule has 1 fully saturated rings. The highest BCUT2D eigenvalue weighted by Gasteiger charge is 2.52. The molecule has 0 aliphatic carbocycles. The van der Waals surface area contributed by atoms with Crippen LogP contribution in [0.15, 0.2) is 4.99 Å². The van der Waals surface area contributed by atoms with Crippen LogP contribution in [0, 0.1) is 0 Å². The van der Waals surface area contributed by atoms with Crippen molar-refractivity contribution in [3.63, 3.8) is 0 Å². The highest BCUT2D eigenvalue weighted by Crippen LogP contribution is 2.34. The minimum absolute atomic E-state index is 0.0200. The molecule has 26 heteroatoms. The Bertz CT molecular complexity index is 1530. The number of nitrogens with two attached hydrogens (primary N) is 3. The summed E-state index contributed by atoms with van der Waals surface area (Å²) in [5.41, 5.74) is 14.4. The number of hydrogen-bond acceptors (Lipinski definition) is 18. The summed E-state index contributed by atoms with van der Waals surface area (Å²) in [5.74, 6) is -11.4. The number of carbonyl (C=O) groups is 10. The molecule has 1 heterocycles. The molecular weight excluding hydrogens is 788 g/mol. The first-order valence-corrected chi connectivity index (χ1v) is 18.0. The van der Waals surface area contributed by atoms with Crippen molar-refractivity contribution >= 4 is 77.2 Å². The fourth-order valence-electron chi connectivity index (χ4n) is 4.91. The number of carboxylic acid groups (broad SMARTS) is 2. The lowest BCUT2D eigenvalue weighted by atomic mass is 9.99. The molecule has 4 amide bonds. The average Bonchev–Trinajstić information content (AvgIpc) is 3.09. The maximum Gasteiger partial charge on any atom is 0.327 e. The minimum Gasteiger partial charge on any atom is -0.481 e. The third-order valence-electron chi connectivity index (χ3n) is 7.23. The number of ether oxygens (including phenoxy) is 5. The first-order valence-electron chi connectivity index (χ1n) is 16.9. The van der Waals surface area contributed by atoms with E-state index < -0.39 is 139 Å². The summed E-state index contributed by atoms with van der Waals surface area (Å²) in [7, 11) is 0. The standard InChI is InChI=1S/C31H48N8O17S/c1-13(40)52-11-20-24(53-14(2)41)25(54-15(3)42)26(55-16(4)43)30(56-20)57-12-19(29(50)51)39-28(49)18(8-23(46)47)38-22(45)10-36-27(48)17(37-21(44)9-32)6-5-7-35-31(33)34/h17-20,24-26,30H,5-12,32H2,1-4H3,(H,36,48)(H,37,44)(H,38,45)(H,39,49)(H,46,47)(H,50,51)(H4,33,34,35)/t17-,18-,19-,20+,24+,25-,26+,30-/m0/s1. The first kappa shape index (κ1) is 49.3. The van der Waals surface area contributed by atoms with Crippen molar-refractivity contribution in [2.75, 3.05) is 32.0 Å².